The van der Waals surface area contributed by atoms with E-state index in [2.05, 4.69) is 0 Å². The summed E-state index contributed by atoms with van der Waals surface area (Å²) in [5, 5.41) is 0. The van der Waals surface area contributed by atoms with E-state index in [1.54, 1.807) is 18.9 Å². The lowest BCUT2D eigenvalue weighted by molar-refractivity contribution is -0.160. The van der Waals surface area contributed by atoms with Gasteiger partial charge in [0, 0.05) is 13.6 Å². The molecule has 2 aromatic carbocycles. The Hall–Kier alpha value is -2.82. The molecule has 5 heteroatoms. The van der Waals surface area contributed by atoms with Crippen LogP contribution in [0.5, 0.6) is 5.75 Å². The van der Waals surface area contributed by atoms with E-state index in [1.165, 1.54) is 11.1 Å². The zero-order valence-corrected chi connectivity index (χ0v) is 15.8. The molecule has 5 nitrogen and oxygen atoms in total. The molecule has 3 rings (SSSR count). The Balaban J connectivity index is 1.46. The zero-order valence-electron chi connectivity index (χ0n) is 15.8. The van der Waals surface area contributed by atoms with E-state index in [1.807, 2.05) is 48.5 Å². The van der Waals surface area contributed by atoms with Crippen LogP contribution in [0.3, 0.4) is 0 Å². The van der Waals surface area contributed by atoms with Crippen molar-refractivity contribution in [3.8, 4) is 5.75 Å². The largest absolute Gasteiger partial charge is 0.482 e. The molecule has 1 aliphatic carbocycles. The molecule has 0 N–H and O–H groups in total. The highest BCUT2D eigenvalue weighted by molar-refractivity contribution is 5.83. The van der Waals surface area contributed by atoms with Gasteiger partial charge in [-0.15, -0.1) is 0 Å². The maximum absolute atomic E-state index is 12.4. The predicted octanol–water partition coefficient (Wildman–Crippen LogP) is 3.14. The monoisotopic (exact) mass is 367 g/mol. The van der Waals surface area contributed by atoms with E-state index in [9.17, 15) is 9.59 Å². The first-order valence-electron chi connectivity index (χ1n) is 9.26. The maximum Gasteiger partial charge on any atom is 0.344 e. The highest BCUT2D eigenvalue weighted by atomic mass is 16.6. The van der Waals surface area contributed by atoms with Crippen molar-refractivity contribution in [1.29, 1.82) is 0 Å². The second-order valence-electron chi connectivity index (χ2n) is 6.88. The third-order valence-electron chi connectivity index (χ3n) is 4.72. The van der Waals surface area contributed by atoms with Gasteiger partial charge >= 0.3 is 5.97 Å². The summed E-state index contributed by atoms with van der Waals surface area (Å²) in [4.78, 5) is 26.0. The predicted molar refractivity (Wildman–Crippen MR) is 102 cm³/mol. The first-order valence-corrected chi connectivity index (χ1v) is 9.26. The van der Waals surface area contributed by atoms with Crippen LogP contribution in [0.25, 0.3) is 0 Å². The number of hydrogen-bond acceptors (Lipinski definition) is 4. The molecular weight excluding hydrogens is 342 g/mol. The molecule has 0 aliphatic heterocycles. The minimum atomic E-state index is -0.852. The van der Waals surface area contributed by atoms with Gasteiger partial charge < -0.3 is 14.4 Å². The van der Waals surface area contributed by atoms with Crippen LogP contribution >= 0.6 is 0 Å². The number of carbonyl (C=O) groups excluding carboxylic acids is 2. The van der Waals surface area contributed by atoms with Crippen LogP contribution in [0.2, 0.25) is 0 Å². The average molecular weight is 367 g/mol. The molecule has 0 fully saturated rings. The normalized spacial score (nSPS) is 13.6. The van der Waals surface area contributed by atoms with Gasteiger partial charge in [-0.25, -0.2) is 4.79 Å². The molecular formula is C22H25NO4. The van der Waals surface area contributed by atoms with Gasteiger partial charge in [0.05, 0.1) is 0 Å². The fourth-order valence-corrected chi connectivity index (χ4v) is 3.31. The van der Waals surface area contributed by atoms with E-state index in [0.717, 1.165) is 24.8 Å². The SMILES string of the molecule is C[C@@H](OC(=O)COc1ccc2c(c1)CCC2)C(=O)N(C)Cc1ccccc1. The van der Waals surface area contributed by atoms with Gasteiger partial charge in [0.25, 0.3) is 5.91 Å². The van der Waals surface area contributed by atoms with Crippen LogP contribution < -0.4 is 4.74 Å². The Labute approximate surface area is 159 Å². The molecule has 0 bridgehead atoms. The summed E-state index contributed by atoms with van der Waals surface area (Å²) in [6, 6.07) is 15.6. The smallest absolute Gasteiger partial charge is 0.344 e. The molecule has 0 saturated carbocycles. The van der Waals surface area contributed by atoms with E-state index in [-0.39, 0.29) is 12.5 Å². The van der Waals surface area contributed by atoms with Crippen LogP contribution in [0.4, 0.5) is 0 Å². The highest BCUT2D eigenvalue weighted by Crippen LogP contribution is 2.26. The molecule has 27 heavy (non-hydrogen) atoms. The fraction of sp³-hybridized carbons (Fsp3) is 0.364. The van der Waals surface area contributed by atoms with E-state index in [4.69, 9.17) is 9.47 Å². The molecule has 2 aromatic rings. The Kier molecular flexibility index (Phi) is 6.12. The molecule has 0 saturated heterocycles. The van der Waals surface area contributed by atoms with Crippen LogP contribution in [-0.2, 0) is 33.7 Å². The Morgan fingerprint density at radius 1 is 1.07 bits per heavy atom. The maximum atomic E-state index is 12.4. The van der Waals surface area contributed by atoms with Crippen molar-refractivity contribution >= 4 is 11.9 Å². The van der Waals surface area contributed by atoms with Crippen molar-refractivity contribution in [2.24, 2.45) is 0 Å². The molecule has 0 heterocycles. The highest BCUT2D eigenvalue weighted by Gasteiger charge is 2.22. The number of ether oxygens (including phenoxy) is 2. The van der Waals surface area contributed by atoms with Gasteiger partial charge in [-0.1, -0.05) is 36.4 Å². The lowest BCUT2D eigenvalue weighted by Crippen LogP contribution is -2.37. The summed E-state index contributed by atoms with van der Waals surface area (Å²) in [6.45, 7) is 1.84. The van der Waals surface area contributed by atoms with E-state index in [0.29, 0.717) is 12.3 Å². The van der Waals surface area contributed by atoms with Crippen molar-refractivity contribution in [2.75, 3.05) is 13.7 Å². The summed E-state index contributed by atoms with van der Waals surface area (Å²) in [7, 11) is 1.70. The van der Waals surface area contributed by atoms with Crippen molar-refractivity contribution < 1.29 is 19.1 Å². The lowest BCUT2D eigenvalue weighted by atomic mass is 10.1. The number of fused-ring (bicyclic) bond motifs is 1. The number of esters is 1. The number of rotatable bonds is 7. The number of carbonyl (C=O) groups is 2. The minimum Gasteiger partial charge on any atom is -0.482 e. The molecule has 1 aliphatic rings. The summed E-state index contributed by atoms with van der Waals surface area (Å²) in [5.74, 6) is -0.137. The molecule has 0 radical (unpaired) electrons. The topological polar surface area (TPSA) is 55.8 Å². The molecule has 1 amide bonds. The first-order chi connectivity index (χ1) is 13.0. The van der Waals surface area contributed by atoms with Crippen molar-refractivity contribution in [3.63, 3.8) is 0 Å². The van der Waals surface area contributed by atoms with E-state index >= 15 is 0 Å². The Morgan fingerprint density at radius 2 is 1.81 bits per heavy atom. The Morgan fingerprint density at radius 3 is 2.59 bits per heavy atom. The molecule has 142 valence electrons. The third kappa shape index (κ3) is 5.09. The number of benzene rings is 2. The first kappa shape index (κ1) is 19.0. The summed E-state index contributed by atoms with van der Waals surface area (Å²) in [5.41, 5.74) is 3.66. The van der Waals surface area contributed by atoms with Crippen molar-refractivity contribution in [2.45, 2.75) is 38.8 Å². The fourth-order valence-electron chi connectivity index (χ4n) is 3.31. The van der Waals surface area contributed by atoms with Crippen LogP contribution in [0.1, 0.15) is 30.0 Å². The third-order valence-corrected chi connectivity index (χ3v) is 4.72. The second-order valence-corrected chi connectivity index (χ2v) is 6.88. The minimum absolute atomic E-state index is 0.210. The molecule has 0 spiro atoms. The second kappa shape index (κ2) is 8.71. The number of amides is 1. The lowest BCUT2D eigenvalue weighted by Gasteiger charge is -2.21. The number of hydrogen-bond donors (Lipinski definition) is 0. The number of aryl methyl sites for hydroxylation is 2. The van der Waals surface area contributed by atoms with Crippen molar-refractivity contribution in [1.82, 2.24) is 4.90 Å². The molecule has 0 aromatic heterocycles. The van der Waals surface area contributed by atoms with Gasteiger partial charge in [-0.05, 0) is 55.0 Å². The summed E-state index contributed by atoms with van der Waals surface area (Å²) >= 11 is 0. The van der Waals surface area contributed by atoms with Gasteiger partial charge in [0.1, 0.15) is 5.75 Å². The van der Waals surface area contributed by atoms with Crippen LogP contribution in [0, 0.1) is 0 Å². The number of likely N-dealkylation sites (N-methyl/N-ethyl adjacent to an activating group) is 1. The number of nitrogens with zero attached hydrogens (tertiary/aromatic N) is 1. The molecule has 0 unspecified atom stereocenters. The zero-order chi connectivity index (χ0) is 19.2. The van der Waals surface area contributed by atoms with Gasteiger partial charge in [0.15, 0.2) is 12.7 Å². The van der Waals surface area contributed by atoms with Crippen LogP contribution in [0.15, 0.2) is 48.5 Å². The van der Waals surface area contributed by atoms with Gasteiger partial charge in [0.2, 0.25) is 0 Å². The van der Waals surface area contributed by atoms with Crippen LogP contribution in [-0.4, -0.2) is 36.5 Å². The van der Waals surface area contributed by atoms with Gasteiger partial charge in [-0.3, -0.25) is 4.79 Å². The van der Waals surface area contributed by atoms with E-state index < -0.39 is 12.1 Å². The average Bonchev–Trinajstić information content (AvgIpc) is 3.14. The van der Waals surface area contributed by atoms with Crippen molar-refractivity contribution in [3.05, 3.63) is 65.2 Å². The molecule has 1 atom stereocenters. The summed E-state index contributed by atoms with van der Waals surface area (Å²) < 4.78 is 10.8. The quantitative estimate of drug-likeness (QED) is 0.706. The van der Waals surface area contributed by atoms with Gasteiger partial charge in [-0.2, -0.15) is 0 Å². The Bertz CT molecular complexity index is 803. The standard InChI is InChI=1S/C22H25NO4/c1-16(22(25)23(2)14-17-7-4-3-5-8-17)27-21(24)15-26-20-12-11-18-9-6-10-19(18)13-20/h3-5,7-8,11-13,16H,6,9-10,14-15H2,1-2H3/t16-/m1/s1. The summed E-state index contributed by atoms with van der Waals surface area (Å²) in [6.07, 6.45) is 2.47.